The first-order chi connectivity index (χ1) is 5.24. The maximum absolute atomic E-state index is 9.31. The highest BCUT2D eigenvalue weighted by Gasteiger charge is 1.99. The first kappa shape index (κ1) is 8.94. The number of rotatable bonds is 2. The second-order valence-corrected chi connectivity index (χ2v) is 3.61. The molecule has 0 spiro atoms. The summed E-state index contributed by atoms with van der Waals surface area (Å²) < 4.78 is 0.993. The van der Waals surface area contributed by atoms with Crippen molar-refractivity contribution in [3.05, 3.63) is 28.2 Å². The van der Waals surface area contributed by atoms with Crippen LogP contribution in [0.2, 0.25) is 0 Å². The van der Waals surface area contributed by atoms with Crippen LogP contribution in [-0.4, -0.2) is 10.9 Å². The summed E-state index contributed by atoms with van der Waals surface area (Å²) in [5.74, 6) is 1.10. The van der Waals surface area contributed by atoms with Gasteiger partial charge in [-0.1, -0.05) is 15.9 Å². The Hall–Kier alpha value is -0.150. The molecule has 1 aromatic rings. The number of thiol groups is 1. The van der Waals surface area contributed by atoms with Crippen LogP contribution in [0.3, 0.4) is 0 Å². The zero-order valence-electron chi connectivity index (χ0n) is 5.92. The van der Waals surface area contributed by atoms with Gasteiger partial charge in [0.25, 0.3) is 0 Å². The summed E-state index contributed by atoms with van der Waals surface area (Å²) in [7, 11) is 0. The molecule has 0 amide bonds. The number of halogens is 1. The van der Waals surface area contributed by atoms with Crippen LogP contribution in [0.25, 0.3) is 0 Å². The molecule has 11 heavy (non-hydrogen) atoms. The van der Waals surface area contributed by atoms with Crippen molar-refractivity contribution in [2.45, 2.75) is 6.42 Å². The molecular formula is C8H9BrOS. The maximum Gasteiger partial charge on any atom is 0.118 e. The summed E-state index contributed by atoms with van der Waals surface area (Å²) in [6.45, 7) is 0. The first-order valence-electron chi connectivity index (χ1n) is 3.32. The van der Waals surface area contributed by atoms with Crippen molar-refractivity contribution >= 4 is 28.6 Å². The number of phenolic OH excluding ortho intramolecular Hbond substituents is 1. The Bertz CT molecular complexity index is 250. The first-order valence-corrected chi connectivity index (χ1v) is 4.75. The fraction of sp³-hybridized carbons (Fsp3) is 0.250. The predicted molar refractivity (Wildman–Crippen MR) is 53.4 cm³/mol. The van der Waals surface area contributed by atoms with Crippen molar-refractivity contribution in [2.24, 2.45) is 0 Å². The average molecular weight is 233 g/mol. The molecule has 0 radical (unpaired) electrons. The third-order valence-electron chi connectivity index (χ3n) is 1.42. The Labute approximate surface area is 80.0 Å². The summed E-state index contributed by atoms with van der Waals surface area (Å²) in [6.07, 6.45) is 0.800. The van der Waals surface area contributed by atoms with Crippen LogP contribution in [0.4, 0.5) is 0 Å². The molecule has 3 heteroatoms. The van der Waals surface area contributed by atoms with E-state index in [2.05, 4.69) is 28.6 Å². The number of aromatic hydroxyl groups is 1. The van der Waals surface area contributed by atoms with Crippen LogP contribution in [0.15, 0.2) is 22.7 Å². The van der Waals surface area contributed by atoms with Crippen LogP contribution in [0.1, 0.15) is 5.56 Å². The van der Waals surface area contributed by atoms with E-state index in [0.717, 1.165) is 22.2 Å². The number of benzene rings is 1. The molecule has 1 aromatic carbocycles. The van der Waals surface area contributed by atoms with Crippen molar-refractivity contribution in [2.75, 3.05) is 5.75 Å². The Morgan fingerprint density at radius 1 is 1.45 bits per heavy atom. The van der Waals surface area contributed by atoms with E-state index in [9.17, 15) is 5.11 Å². The summed E-state index contributed by atoms with van der Waals surface area (Å²) in [5, 5.41) is 9.31. The normalized spacial score (nSPS) is 10.0. The maximum atomic E-state index is 9.31. The largest absolute Gasteiger partial charge is 0.508 e. The molecule has 0 atom stereocenters. The monoisotopic (exact) mass is 232 g/mol. The van der Waals surface area contributed by atoms with Crippen molar-refractivity contribution < 1.29 is 5.11 Å². The highest BCUT2D eigenvalue weighted by molar-refractivity contribution is 9.10. The molecular weight excluding hydrogens is 224 g/mol. The second kappa shape index (κ2) is 4.02. The molecule has 0 unspecified atom stereocenters. The predicted octanol–water partition coefficient (Wildman–Crippen LogP) is 2.63. The minimum atomic E-state index is 0.349. The smallest absolute Gasteiger partial charge is 0.118 e. The molecule has 1 rings (SSSR count). The molecule has 0 bridgehead atoms. The minimum absolute atomic E-state index is 0.349. The minimum Gasteiger partial charge on any atom is -0.508 e. The van der Waals surface area contributed by atoms with Gasteiger partial charge in [-0.3, -0.25) is 0 Å². The standard InChI is InChI=1S/C8H9BrOS/c9-7-1-2-8(10)6(5-7)3-4-11/h1-2,5,10-11H,3-4H2. The summed E-state index contributed by atoms with van der Waals surface area (Å²) in [5.41, 5.74) is 0.939. The van der Waals surface area contributed by atoms with E-state index < -0.39 is 0 Å². The summed E-state index contributed by atoms with van der Waals surface area (Å²) >= 11 is 7.42. The zero-order valence-corrected chi connectivity index (χ0v) is 8.40. The fourth-order valence-electron chi connectivity index (χ4n) is 0.875. The van der Waals surface area contributed by atoms with E-state index >= 15 is 0 Å². The van der Waals surface area contributed by atoms with E-state index in [1.54, 1.807) is 6.07 Å². The van der Waals surface area contributed by atoms with Crippen LogP contribution in [0.5, 0.6) is 5.75 Å². The molecule has 0 fully saturated rings. The Morgan fingerprint density at radius 2 is 2.18 bits per heavy atom. The molecule has 1 nitrogen and oxygen atoms in total. The Kier molecular flexibility index (Phi) is 3.27. The quantitative estimate of drug-likeness (QED) is 0.752. The van der Waals surface area contributed by atoms with E-state index in [4.69, 9.17) is 0 Å². The lowest BCUT2D eigenvalue weighted by Crippen LogP contribution is -1.86. The molecule has 0 aliphatic heterocycles. The molecule has 1 N–H and O–H groups in total. The van der Waals surface area contributed by atoms with E-state index in [0.29, 0.717) is 5.75 Å². The second-order valence-electron chi connectivity index (χ2n) is 2.25. The van der Waals surface area contributed by atoms with Crippen molar-refractivity contribution in [1.82, 2.24) is 0 Å². The molecule has 0 aliphatic carbocycles. The van der Waals surface area contributed by atoms with Gasteiger partial charge in [0.05, 0.1) is 0 Å². The molecule has 0 heterocycles. The average Bonchev–Trinajstić information content (AvgIpc) is 1.98. The van der Waals surface area contributed by atoms with E-state index in [1.165, 1.54) is 0 Å². The Morgan fingerprint density at radius 3 is 2.82 bits per heavy atom. The van der Waals surface area contributed by atoms with Gasteiger partial charge in [-0.05, 0) is 35.9 Å². The number of hydrogen-bond acceptors (Lipinski definition) is 2. The lowest BCUT2D eigenvalue weighted by atomic mass is 10.1. The number of hydrogen-bond donors (Lipinski definition) is 2. The SMILES string of the molecule is Oc1ccc(Br)cc1CCS. The third kappa shape index (κ3) is 2.42. The van der Waals surface area contributed by atoms with Crippen molar-refractivity contribution in [1.29, 1.82) is 0 Å². The van der Waals surface area contributed by atoms with E-state index in [1.807, 2.05) is 12.1 Å². The van der Waals surface area contributed by atoms with Gasteiger partial charge in [-0.2, -0.15) is 12.6 Å². The van der Waals surface area contributed by atoms with Gasteiger partial charge >= 0.3 is 0 Å². The van der Waals surface area contributed by atoms with Gasteiger partial charge in [-0.15, -0.1) is 0 Å². The van der Waals surface area contributed by atoms with Gasteiger partial charge in [0.15, 0.2) is 0 Å². The van der Waals surface area contributed by atoms with Crippen LogP contribution in [-0.2, 0) is 6.42 Å². The van der Waals surface area contributed by atoms with E-state index in [-0.39, 0.29) is 0 Å². The molecule has 0 aliphatic rings. The third-order valence-corrected chi connectivity index (χ3v) is 2.14. The number of aryl methyl sites for hydroxylation is 1. The highest BCUT2D eigenvalue weighted by atomic mass is 79.9. The van der Waals surface area contributed by atoms with Gasteiger partial charge in [0.2, 0.25) is 0 Å². The van der Waals surface area contributed by atoms with Crippen molar-refractivity contribution in [3.8, 4) is 5.75 Å². The topological polar surface area (TPSA) is 20.2 Å². The lowest BCUT2D eigenvalue weighted by Gasteiger charge is -2.01. The molecule has 0 aromatic heterocycles. The van der Waals surface area contributed by atoms with Crippen molar-refractivity contribution in [3.63, 3.8) is 0 Å². The molecule has 60 valence electrons. The fourth-order valence-corrected chi connectivity index (χ4v) is 1.52. The highest BCUT2D eigenvalue weighted by Crippen LogP contribution is 2.22. The zero-order chi connectivity index (χ0) is 8.27. The van der Waals surface area contributed by atoms with Gasteiger partial charge in [0.1, 0.15) is 5.75 Å². The van der Waals surface area contributed by atoms with Gasteiger partial charge < -0.3 is 5.11 Å². The molecule has 0 saturated carbocycles. The summed E-state index contributed by atoms with van der Waals surface area (Å²) in [6, 6.07) is 5.41. The van der Waals surface area contributed by atoms with Gasteiger partial charge in [-0.25, -0.2) is 0 Å². The Balaban J connectivity index is 2.93. The van der Waals surface area contributed by atoms with Crippen LogP contribution >= 0.6 is 28.6 Å². The van der Waals surface area contributed by atoms with Gasteiger partial charge in [0, 0.05) is 4.47 Å². The van der Waals surface area contributed by atoms with Crippen LogP contribution in [0, 0.1) is 0 Å². The molecule has 0 saturated heterocycles. The summed E-state index contributed by atoms with van der Waals surface area (Å²) in [4.78, 5) is 0. The lowest BCUT2D eigenvalue weighted by molar-refractivity contribution is 0.469. The van der Waals surface area contributed by atoms with Crippen LogP contribution < -0.4 is 0 Å². The number of phenols is 1.